The molecular weight excluding hydrogens is 268 g/mol. The molecule has 0 unspecified atom stereocenters. The van der Waals surface area contributed by atoms with E-state index in [0.717, 1.165) is 44.4 Å². The lowest BCUT2D eigenvalue weighted by atomic mass is 10.2. The van der Waals surface area contributed by atoms with Crippen LogP contribution in [-0.2, 0) is 6.54 Å². The van der Waals surface area contributed by atoms with Gasteiger partial charge in [0, 0.05) is 32.7 Å². The van der Waals surface area contributed by atoms with Gasteiger partial charge >= 0.3 is 0 Å². The summed E-state index contributed by atoms with van der Waals surface area (Å²) >= 11 is 0. The molecule has 0 spiro atoms. The summed E-state index contributed by atoms with van der Waals surface area (Å²) in [5, 5.41) is 0. The Hall–Kier alpha value is -1.37. The van der Waals surface area contributed by atoms with Crippen molar-refractivity contribution >= 4 is 5.91 Å². The first-order chi connectivity index (χ1) is 10.2. The molecule has 1 aromatic rings. The van der Waals surface area contributed by atoms with E-state index >= 15 is 0 Å². The van der Waals surface area contributed by atoms with Crippen LogP contribution < -0.4 is 11.3 Å². The Morgan fingerprint density at radius 3 is 2.62 bits per heavy atom. The molecule has 3 rings (SSSR count). The van der Waals surface area contributed by atoms with Crippen molar-refractivity contribution in [2.24, 2.45) is 11.8 Å². The van der Waals surface area contributed by atoms with Crippen LogP contribution in [0.25, 0.3) is 0 Å². The summed E-state index contributed by atoms with van der Waals surface area (Å²) in [6, 6.07) is 1.80. The minimum absolute atomic E-state index is 0.295. The van der Waals surface area contributed by atoms with Crippen molar-refractivity contribution in [2.45, 2.75) is 26.3 Å². The van der Waals surface area contributed by atoms with Crippen LogP contribution in [0.4, 0.5) is 0 Å². The van der Waals surface area contributed by atoms with Crippen molar-refractivity contribution in [1.82, 2.24) is 15.2 Å². The fourth-order valence-electron chi connectivity index (χ4n) is 2.94. The summed E-state index contributed by atoms with van der Waals surface area (Å²) < 4.78 is 5.67. The number of amides is 1. The van der Waals surface area contributed by atoms with E-state index in [2.05, 4.69) is 15.2 Å². The number of carbonyl (C=O) groups excluding carboxylic acids is 1. The number of furan rings is 1. The summed E-state index contributed by atoms with van der Waals surface area (Å²) in [6.07, 6.45) is 2.83. The number of rotatable bonds is 5. The van der Waals surface area contributed by atoms with Gasteiger partial charge in [-0.25, -0.2) is 5.84 Å². The van der Waals surface area contributed by atoms with Crippen LogP contribution >= 0.6 is 0 Å². The third-order valence-corrected chi connectivity index (χ3v) is 4.40. The monoisotopic (exact) mass is 292 g/mol. The van der Waals surface area contributed by atoms with Gasteiger partial charge in [0.1, 0.15) is 11.5 Å². The summed E-state index contributed by atoms with van der Waals surface area (Å²) in [4.78, 5) is 16.5. The fourth-order valence-corrected chi connectivity index (χ4v) is 2.94. The third kappa shape index (κ3) is 3.64. The molecule has 21 heavy (non-hydrogen) atoms. The van der Waals surface area contributed by atoms with Crippen molar-refractivity contribution in [3.63, 3.8) is 0 Å². The molecule has 0 radical (unpaired) electrons. The molecule has 1 saturated carbocycles. The maximum Gasteiger partial charge on any atom is 0.268 e. The maximum absolute atomic E-state index is 11.6. The van der Waals surface area contributed by atoms with E-state index in [9.17, 15) is 4.79 Å². The molecule has 0 atom stereocenters. The predicted octanol–water partition coefficient (Wildman–Crippen LogP) is 0.719. The number of nitrogens with zero attached hydrogens (tertiary/aromatic N) is 2. The zero-order valence-corrected chi connectivity index (χ0v) is 12.6. The van der Waals surface area contributed by atoms with Gasteiger partial charge in [-0.05, 0) is 31.7 Å². The Labute approximate surface area is 125 Å². The van der Waals surface area contributed by atoms with Crippen molar-refractivity contribution < 1.29 is 9.21 Å². The minimum Gasteiger partial charge on any atom is -0.464 e. The van der Waals surface area contributed by atoms with E-state index in [0.29, 0.717) is 11.3 Å². The van der Waals surface area contributed by atoms with Gasteiger partial charge in [-0.3, -0.25) is 15.1 Å². The summed E-state index contributed by atoms with van der Waals surface area (Å²) in [5.41, 5.74) is 2.68. The molecule has 0 bridgehead atoms. The maximum atomic E-state index is 11.6. The molecule has 3 N–H and O–H groups in total. The number of hydrogen-bond acceptors (Lipinski definition) is 5. The first kappa shape index (κ1) is 14.6. The number of hydrogen-bond donors (Lipinski definition) is 2. The standard InChI is InChI=1S/C15H24N4O2/c1-11-14(15(20)17-16)8-13(21-11)10-19-6-4-18(5-7-19)9-12-2-3-12/h8,12H,2-7,9-10,16H2,1H3,(H,17,20). The molecule has 6 heteroatoms. The topological polar surface area (TPSA) is 74.7 Å². The van der Waals surface area contributed by atoms with Gasteiger partial charge in [-0.2, -0.15) is 0 Å². The Morgan fingerprint density at radius 2 is 2.00 bits per heavy atom. The Balaban J connectivity index is 1.51. The average Bonchev–Trinajstić information content (AvgIpc) is 3.22. The molecule has 1 aliphatic carbocycles. The van der Waals surface area contributed by atoms with Crippen LogP contribution in [0.1, 0.15) is 34.7 Å². The highest BCUT2D eigenvalue weighted by atomic mass is 16.3. The zero-order valence-electron chi connectivity index (χ0n) is 12.6. The Morgan fingerprint density at radius 1 is 1.33 bits per heavy atom. The van der Waals surface area contributed by atoms with Crippen LogP contribution in [0.15, 0.2) is 10.5 Å². The number of nitrogens with one attached hydrogen (secondary N) is 1. The summed E-state index contributed by atoms with van der Waals surface area (Å²) in [5.74, 6) is 7.29. The number of carbonyl (C=O) groups is 1. The number of hydrazine groups is 1. The van der Waals surface area contributed by atoms with Gasteiger partial charge in [0.2, 0.25) is 0 Å². The molecule has 0 aromatic carbocycles. The van der Waals surface area contributed by atoms with E-state index in [1.807, 2.05) is 0 Å². The van der Waals surface area contributed by atoms with E-state index in [1.165, 1.54) is 19.4 Å². The van der Waals surface area contributed by atoms with Gasteiger partial charge in [0.15, 0.2) is 0 Å². The number of nitrogens with two attached hydrogens (primary N) is 1. The van der Waals surface area contributed by atoms with E-state index in [1.54, 1.807) is 13.0 Å². The molecule has 1 aromatic heterocycles. The summed E-state index contributed by atoms with van der Waals surface area (Å²) in [7, 11) is 0. The lowest BCUT2D eigenvalue weighted by Crippen LogP contribution is -2.46. The van der Waals surface area contributed by atoms with Crippen LogP contribution in [0.3, 0.4) is 0 Å². The first-order valence-corrected chi connectivity index (χ1v) is 7.70. The molecule has 1 saturated heterocycles. The van der Waals surface area contributed by atoms with Gasteiger partial charge in [0.05, 0.1) is 12.1 Å². The third-order valence-electron chi connectivity index (χ3n) is 4.40. The SMILES string of the molecule is Cc1oc(CN2CCN(CC3CC3)CC2)cc1C(=O)NN. The minimum atomic E-state index is -0.295. The lowest BCUT2D eigenvalue weighted by Gasteiger charge is -2.34. The van der Waals surface area contributed by atoms with Crippen LogP contribution in [0, 0.1) is 12.8 Å². The average molecular weight is 292 g/mol. The number of piperazine rings is 1. The van der Waals surface area contributed by atoms with Crippen LogP contribution in [-0.4, -0.2) is 48.4 Å². The normalized spacial score (nSPS) is 20.7. The van der Waals surface area contributed by atoms with Crippen molar-refractivity contribution in [3.05, 3.63) is 23.2 Å². The predicted molar refractivity (Wildman–Crippen MR) is 79.5 cm³/mol. The Kier molecular flexibility index (Phi) is 4.28. The largest absolute Gasteiger partial charge is 0.464 e. The summed E-state index contributed by atoms with van der Waals surface area (Å²) in [6.45, 7) is 8.21. The van der Waals surface area contributed by atoms with Crippen molar-refractivity contribution in [1.29, 1.82) is 0 Å². The van der Waals surface area contributed by atoms with Crippen molar-refractivity contribution in [3.8, 4) is 0 Å². The van der Waals surface area contributed by atoms with Crippen LogP contribution in [0.5, 0.6) is 0 Å². The molecule has 1 aliphatic heterocycles. The van der Waals surface area contributed by atoms with Gasteiger partial charge in [-0.15, -0.1) is 0 Å². The fraction of sp³-hybridized carbons (Fsp3) is 0.667. The smallest absolute Gasteiger partial charge is 0.268 e. The van der Waals surface area contributed by atoms with E-state index in [-0.39, 0.29) is 5.91 Å². The zero-order chi connectivity index (χ0) is 14.8. The Bertz CT molecular complexity index is 502. The lowest BCUT2D eigenvalue weighted by molar-refractivity contribution is 0.0952. The van der Waals surface area contributed by atoms with Crippen LogP contribution in [0.2, 0.25) is 0 Å². The molecule has 116 valence electrons. The van der Waals surface area contributed by atoms with Gasteiger partial charge < -0.3 is 9.32 Å². The van der Waals surface area contributed by atoms with Crippen molar-refractivity contribution in [2.75, 3.05) is 32.7 Å². The van der Waals surface area contributed by atoms with E-state index < -0.39 is 0 Å². The first-order valence-electron chi connectivity index (χ1n) is 7.70. The highest BCUT2D eigenvalue weighted by Gasteiger charge is 2.26. The quantitative estimate of drug-likeness (QED) is 0.475. The highest BCUT2D eigenvalue weighted by Crippen LogP contribution is 2.30. The second kappa shape index (κ2) is 6.17. The highest BCUT2D eigenvalue weighted by molar-refractivity contribution is 5.94. The molecule has 1 amide bonds. The second-order valence-electron chi connectivity index (χ2n) is 6.18. The number of nitrogen functional groups attached to an aromatic ring is 1. The van der Waals surface area contributed by atoms with Gasteiger partial charge in [0.25, 0.3) is 5.91 Å². The van der Waals surface area contributed by atoms with Gasteiger partial charge in [-0.1, -0.05) is 0 Å². The molecular formula is C15H24N4O2. The second-order valence-corrected chi connectivity index (χ2v) is 6.18. The molecule has 2 heterocycles. The molecule has 6 nitrogen and oxygen atoms in total. The number of aryl methyl sites for hydroxylation is 1. The van der Waals surface area contributed by atoms with E-state index in [4.69, 9.17) is 10.3 Å². The molecule has 2 aliphatic rings. The molecule has 2 fully saturated rings.